The van der Waals surface area contributed by atoms with Crippen molar-refractivity contribution in [3.8, 4) is 11.1 Å². The first kappa shape index (κ1) is 39.3. The molecule has 2 aromatic carbocycles. The average Bonchev–Trinajstić information content (AvgIpc) is 3.94. The molecule has 1 saturated carbocycles. The number of nitrogens with zero attached hydrogens (tertiary/aromatic N) is 3. The number of imide groups is 1. The van der Waals surface area contributed by atoms with Gasteiger partial charge in [0.15, 0.2) is 0 Å². The second-order valence-corrected chi connectivity index (χ2v) is 14.6. The molecule has 4 N–H and O–H groups in total. The first-order valence-corrected chi connectivity index (χ1v) is 19.1. The molecule has 5 amide bonds. The van der Waals surface area contributed by atoms with Crippen LogP contribution in [0.25, 0.3) is 22.0 Å². The van der Waals surface area contributed by atoms with Gasteiger partial charge in [0, 0.05) is 43.3 Å². The number of halogens is 4. The highest BCUT2D eigenvalue weighted by atomic mass is 19.4. The van der Waals surface area contributed by atoms with Crippen molar-refractivity contribution >= 4 is 46.1 Å². The number of alkyl halides is 3. The molecule has 4 heterocycles. The third-order valence-corrected chi connectivity index (χ3v) is 10.6. The van der Waals surface area contributed by atoms with E-state index < -0.39 is 41.3 Å². The first-order chi connectivity index (χ1) is 27.3. The topological polar surface area (TPSA) is 162 Å². The van der Waals surface area contributed by atoms with Gasteiger partial charge in [-0.2, -0.15) is 13.2 Å². The summed E-state index contributed by atoms with van der Waals surface area (Å²) in [7, 11) is 1.55. The van der Waals surface area contributed by atoms with Crippen molar-refractivity contribution in [2.24, 2.45) is 0 Å². The Morgan fingerprint density at radius 1 is 0.912 bits per heavy atom. The van der Waals surface area contributed by atoms with E-state index in [-0.39, 0.29) is 76.9 Å². The molecule has 2 aliphatic heterocycles. The number of hydrogen-bond acceptors (Lipinski definition) is 8. The molecule has 16 heteroatoms. The summed E-state index contributed by atoms with van der Waals surface area (Å²) in [5.41, 5.74) is 0.653. The summed E-state index contributed by atoms with van der Waals surface area (Å²) in [4.78, 5) is 72.7. The number of nitrogens with one attached hydrogen (secondary N) is 4. The third-order valence-electron chi connectivity index (χ3n) is 10.6. The minimum Gasteiger partial charge on any atom is -0.387 e. The molecule has 3 aliphatic rings. The predicted molar refractivity (Wildman–Crippen MR) is 202 cm³/mol. The number of fused-ring (bicyclic) bond motifs is 2. The van der Waals surface area contributed by atoms with E-state index in [1.807, 2.05) is 6.07 Å². The van der Waals surface area contributed by atoms with Crippen LogP contribution < -0.4 is 21.3 Å². The van der Waals surface area contributed by atoms with Gasteiger partial charge < -0.3 is 20.9 Å². The Labute approximate surface area is 325 Å². The predicted octanol–water partition coefficient (Wildman–Crippen LogP) is 6.07. The Morgan fingerprint density at radius 3 is 2.40 bits per heavy atom. The van der Waals surface area contributed by atoms with Gasteiger partial charge >= 0.3 is 6.18 Å². The number of benzene rings is 2. The van der Waals surface area contributed by atoms with E-state index in [2.05, 4.69) is 31.2 Å². The van der Waals surface area contributed by atoms with Crippen LogP contribution in [0, 0.1) is 5.82 Å². The van der Waals surface area contributed by atoms with Gasteiger partial charge in [0.05, 0.1) is 45.7 Å². The number of pyridine rings is 2. The van der Waals surface area contributed by atoms with Gasteiger partial charge in [0.25, 0.3) is 17.7 Å². The lowest BCUT2D eigenvalue weighted by Crippen LogP contribution is -2.52. The Morgan fingerprint density at radius 2 is 1.68 bits per heavy atom. The van der Waals surface area contributed by atoms with E-state index in [0.717, 1.165) is 62.4 Å². The summed E-state index contributed by atoms with van der Waals surface area (Å²) in [6.07, 6.45) is 3.33. The summed E-state index contributed by atoms with van der Waals surface area (Å²) < 4.78 is 58.3. The number of anilines is 1. The van der Waals surface area contributed by atoms with Crippen LogP contribution in [0.2, 0.25) is 0 Å². The molecule has 0 radical (unpaired) electrons. The number of rotatable bonds is 14. The van der Waals surface area contributed by atoms with Crippen LogP contribution in [0.5, 0.6) is 0 Å². The number of amides is 5. The minimum atomic E-state index is -4.80. The Balaban J connectivity index is 0.904. The summed E-state index contributed by atoms with van der Waals surface area (Å²) in [5.74, 6) is -3.13. The molecule has 7 rings (SSSR count). The van der Waals surface area contributed by atoms with Crippen LogP contribution in [-0.4, -0.2) is 70.1 Å². The highest BCUT2D eigenvalue weighted by molar-refractivity contribution is 6.08. The molecule has 0 bridgehead atoms. The fourth-order valence-electron chi connectivity index (χ4n) is 7.39. The quantitative estimate of drug-likeness (QED) is 0.0680. The van der Waals surface area contributed by atoms with Crippen LogP contribution in [0.4, 0.5) is 23.2 Å². The van der Waals surface area contributed by atoms with Crippen LogP contribution in [0.3, 0.4) is 0 Å². The van der Waals surface area contributed by atoms with Gasteiger partial charge in [-0.25, -0.2) is 4.39 Å². The summed E-state index contributed by atoms with van der Waals surface area (Å²) in [6, 6.07) is 8.36. The molecule has 298 valence electrons. The normalized spacial score (nSPS) is 16.8. The zero-order valence-electron chi connectivity index (χ0n) is 31.2. The van der Waals surface area contributed by atoms with Crippen molar-refractivity contribution in [2.75, 3.05) is 18.9 Å². The number of piperidine rings is 1. The molecule has 1 atom stereocenters. The molecule has 57 heavy (non-hydrogen) atoms. The fourth-order valence-corrected chi connectivity index (χ4v) is 7.39. The van der Waals surface area contributed by atoms with Gasteiger partial charge in [0.1, 0.15) is 11.9 Å². The van der Waals surface area contributed by atoms with Crippen LogP contribution in [0.1, 0.15) is 106 Å². The van der Waals surface area contributed by atoms with Gasteiger partial charge in [0.2, 0.25) is 11.8 Å². The second-order valence-electron chi connectivity index (χ2n) is 14.6. The molecule has 2 aromatic heterocycles. The fraction of sp³-hybridized carbons (Fsp3) is 0.390. The smallest absolute Gasteiger partial charge is 0.387 e. The number of unbranched alkanes of at least 4 members (excludes halogenated alkanes) is 4. The number of aromatic nitrogens is 2. The van der Waals surface area contributed by atoms with Crippen molar-refractivity contribution in [1.82, 2.24) is 30.8 Å². The van der Waals surface area contributed by atoms with Crippen molar-refractivity contribution in [2.45, 2.75) is 89.0 Å². The second kappa shape index (κ2) is 16.3. The van der Waals surface area contributed by atoms with Gasteiger partial charge in [-0.1, -0.05) is 25.3 Å². The number of aryl methyl sites for hydroxylation is 1. The molecule has 2 fully saturated rings. The van der Waals surface area contributed by atoms with Crippen LogP contribution in [-0.2, 0) is 28.7 Å². The van der Waals surface area contributed by atoms with Gasteiger partial charge in [-0.3, -0.25) is 39.3 Å². The number of carbonyl (C=O) groups excluding carboxylic acids is 5. The summed E-state index contributed by atoms with van der Waals surface area (Å²) >= 11 is 0. The zero-order valence-corrected chi connectivity index (χ0v) is 31.2. The Hall–Kier alpha value is -5.93. The lowest BCUT2D eigenvalue weighted by molar-refractivity contribution is -0.138. The van der Waals surface area contributed by atoms with Crippen molar-refractivity contribution < 1.29 is 41.5 Å². The van der Waals surface area contributed by atoms with Gasteiger partial charge in [-0.15, -0.1) is 0 Å². The molecular formula is C41H41F4N7O5. The average molecular weight is 788 g/mol. The largest absolute Gasteiger partial charge is 0.417 e. The first-order valence-electron chi connectivity index (χ1n) is 19.1. The van der Waals surface area contributed by atoms with E-state index in [1.165, 1.54) is 23.2 Å². The molecule has 4 aromatic rings. The zero-order chi connectivity index (χ0) is 40.4. The maximum Gasteiger partial charge on any atom is 0.417 e. The Bertz CT molecular complexity index is 2280. The van der Waals surface area contributed by atoms with Crippen molar-refractivity contribution in [3.05, 3.63) is 88.1 Å². The van der Waals surface area contributed by atoms with E-state index in [0.29, 0.717) is 29.8 Å². The Kier molecular flexibility index (Phi) is 11.2. The van der Waals surface area contributed by atoms with Crippen LogP contribution >= 0.6 is 0 Å². The highest BCUT2D eigenvalue weighted by Crippen LogP contribution is 2.41. The lowest BCUT2D eigenvalue weighted by atomic mass is 9.94. The highest BCUT2D eigenvalue weighted by Gasteiger charge is 2.40. The monoisotopic (exact) mass is 787 g/mol. The maximum absolute atomic E-state index is 15.4. The number of hydrogen-bond donors (Lipinski definition) is 4. The standard InChI is InChI=1S/C41H41F4N7O5/c1-46-36-28-18-27(30(41(43,44)45)19-32(28)48-20-29(36)38(55)50-24-9-10-24)22-8-12-25(31(42)17-22)37(54)47-16-6-4-2-3-5-7-23-11-13-26-33(49-23)21-52(40(26)57)34-14-15-35(53)51-39(34)56/h8,11-13,17-20,24,34H,2-7,9-10,14-16,21H2,1H3,(H,46,48)(H,47,54)(H,50,55)(H,51,53,56). The van der Waals surface area contributed by atoms with E-state index in [1.54, 1.807) is 13.1 Å². The van der Waals surface area contributed by atoms with E-state index in [4.69, 9.17) is 0 Å². The maximum atomic E-state index is 15.4. The minimum absolute atomic E-state index is 0.00582. The van der Waals surface area contributed by atoms with Crippen LogP contribution in [0.15, 0.2) is 48.7 Å². The molecule has 1 unspecified atom stereocenters. The van der Waals surface area contributed by atoms with Crippen molar-refractivity contribution in [3.63, 3.8) is 0 Å². The molecular weight excluding hydrogens is 746 g/mol. The van der Waals surface area contributed by atoms with Gasteiger partial charge in [-0.05, 0) is 86.1 Å². The number of carbonyl (C=O) groups is 5. The molecule has 12 nitrogen and oxygen atoms in total. The summed E-state index contributed by atoms with van der Waals surface area (Å²) in [5, 5.41) is 11.0. The molecule has 0 spiro atoms. The SMILES string of the molecule is CNc1c(C(=O)NC2CC2)cnc2cc(C(F)(F)F)c(-c3ccc(C(=O)NCCCCCCCc4ccc5c(n4)CN(C4CCC(=O)NC4=O)C5=O)c(F)c3)cc12. The third kappa shape index (κ3) is 8.59. The lowest BCUT2D eigenvalue weighted by Gasteiger charge is -2.29. The van der Waals surface area contributed by atoms with E-state index in [9.17, 15) is 37.1 Å². The molecule has 1 aliphatic carbocycles. The molecule has 1 saturated heterocycles. The van der Waals surface area contributed by atoms with Crippen molar-refractivity contribution in [1.29, 1.82) is 0 Å². The van der Waals surface area contributed by atoms with E-state index >= 15 is 4.39 Å². The summed E-state index contributed by atoms with van der Waals surface area (Å²) in [6.45, 7) is 0.500.